The van der Waals surface area contributed by atoms with Crippen molar-refractivity contribution in [2.75, 3.05) is 13.1 Å². The molecule has 0 bridgehead atoms. The summed E-state index contributed by atoms with van der Waals surface area (Å²) in [7, 11) is 0. The fraction of sp³-hybridized carbons (Fsp3) is 0.550. The van der Waals surface area contributed by atoms with E-state index in [4.69, 9.17) is 27.7 Å². The first-order valence-electron chi connectivity index (χ1n) is 9.77. The van der Waals surface area contributed by atoms with Crippen molar-refractivity contribution in [3.8, 4) is 11.4 Å². The largest absolute Gasteiger partial charge is 0.353 e. The van der Waals surface area contributed by atoms with Gasteiger partial charge in [-0.15, -0.1) is 0 Å². The Labute approximate surface area is 175 Å². The average molecular weight is 425 g/mol. The summed E-state index contributed by atoms with van der Waals surface area (Å²) >= 11 is 12.1. The third-order valence-electron chi connectivity index (χ3n) is 5.07. The lowest BCUT2D eigenvalue weighted by atomic mass is 9.95. The molecule has 6 nitrogen and oxygen atoms in total. The monoisotopic (exact) mass is 424 g/mol. The number of piperidine rings is 1. The zero-order valence-corrected chi connectivity index (χ0v) is 17.8. The Morgan fingerprint density at radius 3 is 2.79 bits per heavy atom. The smallest absolute Gasteiger partial charge is 0.241 e. The maximum atomic E-state index is 12.4. The molecule has 1 unspecified atom stereocenters. The van der Waals surface area contributed by atoms with Crippen LogP contribution in [0.4, 0.5) is 0 Å². The molecule has 1 atom stereocenters. The topological polar surface area (TPSA) is 71.3 Å². The van der Waals surface area contributed by atoms with Gasteiger partial charge >= 0.3 is 0 Å². The van der Waals surface area contributed by atoms with Gasteiger partial charge in [-0.2, -0.15) is 4.98 Å². The lowest BCUT2D eigenvalue weighted by Crippen LogP contribution is -2.42. The van der Waals surface area contributed by atoms with Crippen LogP contribution in [0.25, 0.3) is 11.4 Å². The maximum Gasteiger partial charge on any atom is 0.241 e. The van der Waals surface area contributed by atoms with E-state index in [-0.39, 0.29) is 17.9 Å². The minimum absolute atomic E-state index is 0.0849. The lowest BCUT2D eigenvalue weighted by molar-refractivity contribution is -0.127. The van der Waals surface area contributed by atoms with E-state index < -0.39 is 0 Å². The second-order valence-corrected chi connectivity index (χ2v) is 8.23. The molecule has 1 N–H and O–H groups in total. The van der Waals surface area contributed by atoms with Crippen molar-refractivity contribution in [2.24, 2.45) is 5.92 Å². The molecule has 0 aliphatic carbocycles. The van der Waals surface area contributed by atoms with Crippen molar-refractivity contribution in [1.82, 2.24) is 20.4 Å². The lowest BCUT2D eigenvalue weighted by Gasteiger charge is -2.30. The normalized spacial score (nSPS) is 16.9. The van der Waals surface area contributed by atoms with E-state index >= 15 is 0 Å². The second-order valence-electron chi connectivity index (χ2n) is 7.38. The number of benzene rings is 1. The van der Waals surface area contributed by atoms with Gasteiger partial charge in [0.25, 0.3) is 0 Å². The summed E-state index contributed by atoms with van der Waals surface area (Å²) in [4.78, 5) is 19.1. The van der Waals surface area contributed by atoms with Crippen molar-refractivity contribution in [2.45, 2.75) is 52.1 Å². The maximum absolute atomic E-state index is 12.4. The first-order chi connectivity index (χ1) is 13.5. The first kappa shape index (κ1) is 21.1. The minimum atomic E-state index is 0.0849. The molecule has 2 aromatic rings. The molecule has 1 aliphatic rings. The Hall–Kier alpha value is -1.63. The van der Waals surface area contributed by atoms with Gasteiger partial charge in [-0.3, -0.25) is 9.69 Å². The Bertz CT molecular complexity index is 803. The van der Waals surface area contributed by atoms with Gasteiger partial charge in [-0.1, -0.05) is 41.7 Å². The van der Waals surface area contributed by atoms with Crippen molar-refractivity contribution >= 4 is 29.1 Å². The van der Waals surface area contributed by atoms with Crippen LogP contribution in [-0.2, 0) is 11.3 Å². The summed E-state index contributed by atoms with van der Waals surface area (Å²) in [6, 6.07) is 5.43. The molecule has 0 radical (unpaired) electrons. The van der Waals surface area contributed by atoms with Crippen LogP contribution in [0, 0.1) is 5.92 Å². The van der Waals surface area contributed by atoms with Gasteiger partial charge in [0, 0.05) is 22.5 Å². The quantitative estimate of drug-likeness (QED) is 0.704. The molecular weight excluding hydrogens is 399 g/mol. The fourth-order valence-electron chi connectivity index (χ4n) is 3.51. The molecule has 1 saturated heterocycles. The molecular formula is C20H26Cl2N4O2. The number of halogens is 2. The Balaban J connectivity index is 1.51. The number of hydrogen-bond acceptors (Lipinski definition) is 5. The van der Waals surface area contributed by atoms with E-state index in [1.807, 2.05) is 0 Å². The van der Waals surface area contributed by atoms with Gasteiger partial charge in [-0.25, -0.2) is 0 Å². The van der Waals surface area contributed by atoms with Gasteiger partial charge < -0.3 is 9.84 Å². The van der Waals surface area contributed by atoms with Crippen molar-refractivity contribution in [1.29, 1.82) is 0 Å². The van der Waals surface area contributed by atoms with E-state index in [2.05, 4.69) is 34.2 Å². The van der Waals surface area contributed by atoms with Crippen LogP contribution >= 0.6 is 23.2 Å². The van der Waals surface area contributed by atoms with E-state index in [9.17, 15) is 4.79 Å². The second kappa shape index (κ2) is 9.72. The molecule has 1 aromatic heterocycles. The zero-order valence-electron chi connectivity index (χ0n) is 16.3. The summed E-state index contributed by atoms with van der Waals surface area (Å²) in [5.74, 6) is 1.26. The van der Waals surface area contributed by atoms with Crippen LogP contribution in [0.15, 0.2) is 22.7 Å². The van der Waals surface area contributed by atoms with Crippen LogP contribution < -0.4 is 5.32 Å². The summed E-state index contributed by atoms with van der Waals surface area (Å²) in [5.41, 5.74) is 0.692. The van der Waals surface area contributed by atoms with Crippen molar-refractivity contribution in [3.63, 3.8) is 0 Å². The van der Waals surface area contributed by atoms with Crippen LogP contribution in [-0.4, -0.2) is 40.1 Å². The summed E-state index contributed by atoms with van der Waals surface area (Å²) < 4.78 is 5.39. The molecule has 28 heavy (non-hydrogen) atoms. The molecule has 2 heterocycles. The van der Waals surface area contributed by atoms with Crippen molar-refractivity contribution < 1.29 is 9.32 Å². The molecule has 1 aliphatic heterocycles. The van der Waals surface area contributed by atoms with Crippen molar-refractivity contribution in [3.05, 3.63) is 34.1 Å². The van der Waals surface area contributed by atoms with Gasteiger partial charge in [0.1, 0.15) is 0 Å². The van der Waals surface area contributed by atoms with Crippen LogP contribution in [0.1, 0.15) is 45.4 Å². The number of likely N-dealkylation sites (tertiary alicyclic amines) is 1. The minimum Gasteiger partial charge on any atom is -0.353 e. The van der Waals surface area contributed by atoms with Crippen LogP contribution in [0.2, 0.25) is 10.0 Å². The highest BCUT2D eigenvalue weighted by molar-refractivity contribution is 6.36. The number of aromatic nitrogens is 2. The highest BCUT2D eigenvalue weighted by Crippen LogP contribution is 2.28. The molecule has 1 amide bonds. The molecule has 3 rings (SSSR count). The van der Waals surface area contributed by atoms with Crippen LogP contribution in [0.5, 0.6) is 0 Å². The summed E-state index contributed by atoms with van der Waals surface area (Å²) in [6.45, 7) is 6.43. The number of nitrogens with one attached hydrogen (secondary N) is 1. The predicted octanol–water partition coefficient (Wildman–Crippen LogP) is 4.56. The Morgan fingerprint density at radius 1 is 1.36 bits per heavy atom. The van der Waals surface area contributed by atoms with Gasteiger partial charge in [-0.05, 0) is 57.5 Å². The standard InChI is InChI=1S/C20H26Cl2N4O2/c1-3-4-13(2)23-20(27)14-7-9-26(10-8-14)12-18-24-19(25-28-18)16-6-5-15(21)11-17(16)22/h5-6,11,13-14H,3-4,7-10,12H2,1-2H3,(H,23,27). The molecule has 1 aromatic carbocycles. The summed E-state index contributed by atoms with van der Waals surface area (Å²) in [6.07, 6.45) is 3.78. The predicted molar refractivity (Wildman–Crippen MR) is 110 cm³/mol. The number of rotatable bonds is 7. The molecule has 152 valence electrons. The van der Waals surface area contributed by atoms with Crippen LogP contribution in [0.3, 0.4) is 0 Å². The van der Waals surface area contributed by atoms with E-state index in [1.54, 1.807) is 18.2 Å². The molecule has 0 spiro atoms. The van der Waals surface area contributed by atoms with E-state index in [1.165, 1.54) is 0 Å². The summed E-state index contributed by atoms with van der Waals surface area (Å²) in [5, 5.41) is 8.21. The number of carbonyl (C=O) groups is 1. The molecule has 0 saturated carbocycles. The average Bonchev–Trinajstić information content (AvgIpc) is 3.10. The van der Waals surface area contributed by atoms with Gasteiger partial charge in [0.05, 0.1) is 11.6 Å². The molecule has 1 fully saturated rings. The first-order valence-corrected chi connectivity index (χ1v) is 10.5. The third-order valence-corrected chi connectivity index (χ3v) is 5.62. The van der Waals surface area contributed by atoms with E-state index in [0.717, 1.165) is 38.8 Å². The van der Waals surface area contributed by atoms with Gasteiger partial charge in [0.2, 0.25) is 17.6 Å². The number of hydrogen-bond donors (Lipinski definition) is 1. The molecule has 8 heteroatoms. The Kier molecular flexibility index (Phi) is 7.32. The third kappa shape index (κ3) is 5.46. The SMILES string of the molecule is CCCC(C)NC(=O)C1CCN(Cc2nc(-c3ccc(Cl)cc3Cl)no2)CC1. The van der Waals surface area contributed by atoms with E-state index in [0.29, 0.717) is 33.9 Å². The Morgan fingerprint density at radius 2 is 2.11 bits per heavy atom. The number of carbonyl (C=O) groups excluding carboxylic acids is 1. The zero-order chi connectivity index (χ0) is 20.1. The fourth-order valence-corrected chi connectivity index (χ4v) is 4.00. The van der Waals surface area contributed by atoms with Gasteiger partial charge in [0.15, 0.2) is 0 Å². The number of amides is 1. The number of nitrogens with zero attached hydrogens (tertiary/aromatic N) is 3. The highest BCUT2D eigenvalue weighted by Gasteiger charge is 2.26. The highest BCUT2D eigenvalue weighted by atomic mass is 35.5.